The van der Waals surface area contributed by atoms with Gasteiger partial charge >= 0.3 is 5.97 Å². The third-order valence-electron chi connectivity index (χ3n) is 2.96. The first kappa shape index (κ1) is 16.8. The van der Waals surface area contributed by atoms with Crippen LogP contribution >= 0.6 is 11.6 Å². The normalized spacial score (nSPS) is 10.2. The summed E-state index contributed by atoms with van der Waals surface area (Å²) in [4.78, 5) is 23.5. The predicted molar refractivity (Wildman–Crippen MR) is 85.9 cm³/mol. The molecule has 0 unspecified atom stereocenters. The van der Waals surface area contributed by atoms with E-state index in [1.165, 1.54) is 30.3 Å². The molecule has 0 atom stereocenters. The van der Waals surface area contributed by atoms with Gasteiger partial charge < -0.3 is 15.8 Å². The van der Waals surface area contributed by atoms with Crippen molar-refractivity contribution in [2.45, 2.75) is 6.92 Å². The van der Waals surface area contributed by atoms with E-state index in [4.69, 9.17) is 22.1 Å². The van der Waals surface area contributed by atoms with Gasteiger partial charge in [0.2, 0.25) is 0 Å². The summed E-state index contributed by atoms with van der Waals surface area (Å²) in [6.07, 6.45) is 0. The summed E-state index contributed by atoms with van der Waals surface area (Å²) in [6.45, 7) is 1.18. The number of esters is 1. The molecule has 120 valence electrons. The maximum atomic E-state index is 13.6. The first-order valence-corrected chi connectivity index (χ1v) is 7.03. The number of aryl methyl sites for hydroxylation is 1. The average Bonchev–Trinajstić information content (AvgIpc) is 2.50. The topological polar surface area (TPSA) is 81.4 Å². The Hall–Kier alpha value is -2.60. The molecule has 2 aromatic carbocycles. The van der Waals surface area contributed by atoms with Gasteiger partial charge in [-0.2, -0.15) is 0 Å². The predicted octanol–water partition coefficient (Wildman–Crippen LogP) is 3.17. The summed E-state index contributed by atoms with van der Waals surface area (Å²) in [7, 11) is 0. The molecule has 0 saturated carbocycles. The number of nitrogen functional groups attached to an aromatic ring is 1. The van der Waals surface area contributed by atoms with E-state index in [2.05, 4.69) is 5.32 Å². The van der Waals surface area contributed by atoms with Gasteiger partial charge in [-0.15, -0.1) is 0 Å². The summed E-state index contributed by atoms with van der Waals surface area (Å²) in [5.74, 6) is -1.94. The minimum absolute atomic E-state index is 0.0207. The van der Waals surface area contributed by atoms with Crippen LogP contribution in [0.15, 0.2) is 36.4 Å². The zero-order chi connectivity index (χ0) is 17.0. The second-order valence-electron chi connectivity index (χ2n) is 4.84. The molecule has 0 aliphatic rings. The zero-order valence-corrected chi connectivity index (χ0v) is 13.0. The summed E-state index contributed by atoms with van der Waals surface area (Å²) < 4.78 is 18.5. The molecule has 0 spiro atoms. The van der Waals surface area contributed by atoms with Gasteiger partial charge in [-0.05, 0) is 42.8 Å². The standard InChI is InChI=1S/C16H14ClFN2O3/c1-9-2-5-14(12(18)6-9)20-15(21)8-23-16(22)10-3-4-11(17)13(19)7-10/h2-7H,8,19H2,1H3,(H,20,21). The molecule has 0 aromatic heterocycles. The number of nitrogens with two attached hydrogens (primary N) is 1. The van der Waals surface area contributed by atoms with Gasteiger partial charge in [0, 0.05) is 0 Å². The van der Waals surface area contributed by atoms with Gasteiger partial charge in [-0.1, -0.05) is 17.7 Å². The fourth-order valence-electron chi connectivity index (χ4n) is 1.79. The summed E-state index contributed by atoms with van der Waals surface area (Å²) in [5.41, 5.74) is 6.73. The fraction of sp³-hybridized carbons (Fsp3) is 0.125. The van der Waals surface area contributed by atoms with Gasteiger partial charge in [-0.3, -0.25) is 4.79 Å². The van der Waals surface area contributed by atoms with E-state index in [-0.39, 0.29) is 16.9 Å². The molecule has 7 heteroatoms. The van der Waals surface area contributed by atoms with E-state index in [0.29, 0.717) is 5.02 Å². The summed E-state index contributed by atoms with van der Waals surface area (Å²) in [6, 6.07) is 8.61. The van der Waals surface area contributed by atoms with E-state index in [9.17, 15) is 14.0 Å². The highest BCUT2D eigenvalue weighted by molar-refractivity contribution is 6.33. The van der Waals surface area contributed by atoms with E-state index in [0.717, 1.165) is 5.56 Å². The Labute approximate surface area is 137 Å². The van der Waals surface area contributed by atoms with E-state index >= 15 is 0 Å². The number of anilines is 2. The van der Waals surface area contributed by atoms with Crippen LogP contribution in [0.5, 0.6) is 0 Å². The zero-order valence-electron chi connectivity index (χ0n) is 12.2. The van der Waals surface area contributed by atoms with E-state index < -0.39 is 24.3 Å². The molecule has 0 bridgehead atoms. The second kappa shape index (κ2) is 7.11. The van der Waals surface area contributed by atoms with Crippen LogP contribution in [0.4, 0.5) is 15.8 Å². The van der Waals surface area contributed by atoms with Gasteiger partial charge in [0.1, 0.15) is 5.82 Å². The molecule has 2 rings (SSSR count). The van der Waals surface area contributed by atoms with Crippen molar-refractivity contribution < 1.29 is 18.7 Å². The molecular weight excluding hydrogens is 323 g/mol. The van der Waals surface area contributed by atoms with Crippen LogP contribution in [0.1, 0.15) is 15.9 Å². The fourth-order valence-corrected chi connectivity index (χ4v) is 1.91. The Bertz CT molecular complexity index is 765. The van der Waals surface area contributed by atoms with Crippen molar-refractivity contribution in [2.75, 3.05) is 17.7 Å². The number of ether oxygens (including phenoxy) is 1. The highest BCUT2D eigenvalue weighted by atomic mass is 35.5. The molecule has 0 aliphatic heterocycles. The molecule has 0 fully saturated rings. The van der Waals surface area contributed by atoms with Crippen molar-refractivity contribution >= 4 is 34.9 Å². The maximum Gasteiger partial charge on any atom is 0.338 e. The lowest BCUT2D eigenvalue weighted by molar-refractivity contribution is -0.119. The van der Waals surface area contributed by atoms with Gasteiger partial charge in [0.15, 0.2) is 6.61 Å². The number of halogens is 2. The second-order valence-corrected chi connectivity index (χ2v) is 5.25. The Morgan fingerprint density at radius 3 is 2.65 bits per heavy atom. The molecule has 5 nitrogen and oxygen atoms in total. The first-order chi connectivity index (χ1) is 10.9. The monoisotopic (exact) mass is 336 g/mol. The number of carbonyl (C=O) groups is 2. The van der Waals surface area contributed by atoms with Crippen LogP contribution in [0.2, 0.25) is 5.02 Å². The minimum atomic E-state index is -0.729. The van der Waals surface area contributed by atoms with Crippen LogP contribution in [-0.2, 0) is 9.53 Å². The molecule has 2 aromatic rings. The third-order valence-corrected chi connectivity index (χ3v) is 3.31. The number of amides is 1. The Kier molecular flexibility index (Phi) is 5.18. The average molecular weight is 337 g/mol. The van der Waals surface area contributed by atoms with Crippen molar-refractivity contribution in [3.05, 3.63) is 58.4 Å². The molecule has 0 radical (unpaired) electrons. The lowest BCUT2D eigenvalue weighted by atomic mass is 10.2. The quantitative estimate of drug-likeness (QED) is 0.663. The van der Waals surface area contributed by atoms with Crippen LogP contribution in [0.3, 0.4) is 0 Å². The highest BCUT2D eigenvalue weighted by Crippen LogP contribution is 2.20. The summed E-state index contributed by atoms with van der Waals surface area (Å²) >= 11 is 5.75. The Morgan fingerprint density at radius 2 is 2.00 bits per heavy atom. The van der Waals surface area contributed by atoms with Gasteiger partial charge in [0.25, 0.3) is 5.91 Å². The minimum Gasteiger partial charge on any atom is -0.452 e. The highest BCUT2D eigenvalue weighted by Gasteiger charge is 2.13. The van der Waals surface area contributed by atoms with E-state index in [1.807, 2.05) is 0 Å². The number of hydrogen-bond donors (Lipinski definition) is 2. The molecule has 1 amide bonds. The number of rotatable bonds is 4. The van der Waals surface area contributed by atoms with Crippen LogP contribution < -0.4 is 11.1 Å². The maximum absolute atomic E-state index is 13.6. The van der Waals surface area contributed by atoms with Crippen molar-refractivity contribution in [1.29, 1.82) is 0 Å². The molecule has 3 N–H and O–H groups in total. The smallest absolute Gasteiger partial charge is 0.338 e. The van der Waals surface area contributed by atoms with E-state index in [1.54, 1.807) is 13.0 Å². The molecule has 0 aliphatic carbocycles. The number of nitrogens with one attached hydrogen (secondary N) is 1. The Morgan fingerprint density at radius 1 is 1.26 bits per heavy atom. The third kappa shape index (κ3) is 4.43. The molecule has 0 heterocycles. The van der Waals surface area contributed by atoms with Crippen molar-refractivity contribution in [2.24, 2.45) is 0 Å². The first-order valence-electron chi connectivity index (χ1n) is 6.65. The van der Waals surface area contributed by atoms with Crippen molar-refractivity contribution in [3.8, 4) is 0 Å². The van der Waals surface area contributed by atoms with Gasteiger partial charge in [-0.25, -0.2) is 9.18 Å². The van der Waals surface area contributed by atoms with Gasteiger partial charge in [0.05, 0.1) is 22.0 Å². The van der Waals surface area contributed by atoms with Crippen molar-refractivity contribution in [1.82, 2.24) is 0 Å². The lowest BCUT2D eigenvalue weighted by Crippen LogP contribution is -2.21. The largest absolute Gasteiger partial charge is 0.452 e. The number of hydrogen-bond acceptors (Lipinski definition) is 4. The molecular formula is C16H14ClFN2O3. The van der Waals surface area contributed by atoms with Crippen molar-refractivity contribution in [3.63, 3.8) is 0 Å². The van der Waals surface area contributed by atoms with Crippen LogP contribution in [0, 0.1) is 12.7 Å². The van der Waals surface area contributed by atoms with Crippen LogP contribution in [-0.4, -0.2) is 18.5 Å². The molecule has 0 saturated heterocycles. The van der Waals surface area contributed by atoms with Crippen LogP contribution in [0.25, 0.3) is 0 Å². The number of carbonyl (C=O) groups excluding carboxylic acids is 2. The lowest BCUT2D eigenvalue weighted by Gasteiger charge is -2.08. The SMILES string of the molecule is Cc1ccc(NC(=O)COC(=O)c2ccc(Cl)c(N)c2)c(F)c1. The molecule has 23 heavy (non-hydrogen) atoms. The summed E-state index contributed by atoms with van der Waals surface area (Å²) in [5, 5.41) is 2.64. The Balaban J connectivity index is 1.93. The number of benzene rings is 2.